The smallest absolute Gasteiger partial charge is 0.190 e. The van der Waals surface area contributed by atoms with Gasteiger partial charge in [0.1, 0.15) is 11.3 Å². The van der Waals surface area contributed by atoms with Crippen LogP contribution < -0.4 is 5.43 Å². The maximum absolute atomic E-state index is 13.6. The summed E-state index contributed by atoms with van der Waals surface area (Å²) < 4.78 is 3.94. The van der Waals surface area contributed by atoms with Crippen molar-refractivity contribution in [2.75, 3.05) is 0 Å². The number of pyridine rings is 2. The van der Waals surface area contributed by atoms with Crippen LogP contribution in [0.3, 0.4) is 0 Å². The SMILES string of the molecule is O=C1Cc2cn3c4ccccc4[nH]c3c3c(=O)cc4c(c1cn1c5ccccc5nc41)c23. The van der Waals surface area contributed by atoms with Gasteiger partial charge in [0.25, 0.3) is 0 Å². The number of hydrogen-bond donors (Lipinski definition) is 1. The van der Waals surface area contributed by atoms with Crippen LogP contribution in [0.5, 0.6) is 0 Å². The van der Waals surface area contributed by atoms with Crippen molar-refractivity contribution in [2.24, 2.45) is 0 Å². The number of para-hydroxylation sites is 4. The molecule has 1 aliphatic rings. The largest absolute Gasteiger partial charge is 0.339 e. The lowest BCUT2D eigenvalue weighted by molar-refractivity contribution is 0.0993. The molecule has 0 unspecified atom stereocenters. The number of carbonyl (C=O) groups excluding carboxylic acids is 1. The molecule has 0 saturated heterocycles. The summed E-state index contributed by atoms with van der Waals surface area (Å²) in [7, 11) is 0. The Morgan fingerprint density at radius 2 is 1.66 bits per heavy atom. The molecule has 0 fully saturated rings. The number of aromatic amines is 1. The number of nitrogens with zero attached hydrogens (tertiary/aromatic N) is 3. The van der Waals surface area contributed by atoms with E-state index in [0.29, 0.717) is 16.6 Å². The lowest BCUT2D eigenvalue weighted by Crippen LogP contribution is -2.16. The highest BCUT2D eigenvalue weighted by molar-refractivity contribution is 6.27. The first-order valence-corrected chi connectivity index (χ1v) is 10.5. The average molecular weight is 414 g/mol. The first-order valence-electron chi connectivity index (χ1n) is 10.5. The summed E-state index contributed by atoms with van der Waals surface area (Å²) in [5, 5.41) is 3.05. The van der Waals surface area contributed by atoms with Crippen molar-refractivity contribution in [2.45, 2.75) is 6.42 Å². The van der Waals surface area contributed by atoms with Crippen molar-refractivity contribution in [3.05, 3.63) is 88.3 Å². The fourth-order valence-corrected chi connectivity index (χ4v) is 5.48. The molecule has 0 aliphatic heterocycles. The number of nitrogens with one attached hydrogen (secondary N) is 1. The number of aromatic nitrogens is 4. The Balaban J connectivity index is 1.70. The van der Waals surface area contributed by atoms with Crippen LogP contribution in [0.4, 0.5) is 0 Å². The number of rotatable bonds is 0. The van der Waals surface area contributed by atoms with Gasteiger partial charge in [0, 0.05) is 40.5 Å². The van der Waals surface area contributed by atoms with Gasteiger partial charge in [0.05, 0.1) is 27.5 Å². The lowest BCUT2D eigenvalue weighted by atomic mass is 9.87. The van der Waals surface area contributed by atoms with E-state index in [1.165, 1.54) is 0 Å². The Morgan fingerprint density at radius 3 is 2.56 bits per heavy atom. The molecule has 1 aliphatic carbocycles. The monoisotopic (exact) mass is 414 g/mol. The Hall–Kier alpha value is -4.45. The molecular weight excluding hydrogens is 400 g/mol. The predicted octanol–water partition coefficient (Wildman–Crippen LogP) is 4.63. The number of hydrogen-bond acceptors (Lipinski definition) is 3. The Labute approximate surface area is 179 Å². The maximum Gasteiger partial charge on any atom is 0.190 e. The first kappa shape index (κ1) is 16.3. The van der Waals surface area contributed by atoms with Crippen LogP contribution in [0.2, 0.25) is 0 Å². The molecule has 4 heterocycles. The van der Waals surface area contributed by atoms with Crippen LogP contribution in [0.25, 0.3) is 54.9 Å². The quantitative estimate of drug-likeness (QED) is 0.368. The third-order valence-electron chi connectivity index (χ3n) is 6.81. The van der Waals surface area contributed by atoms with E-state index in [2.05, 4.69) is 4.98 Å². The molecule has 150 valence electrons. The molecule has 3 aromatic carbocycles. The van der Waals surface area contributed by atoms with E-state index in [9.17, 15) is 9.59 Å². The van der Waals surface area contributed by atoms with E-state index in [-0.39, 0.29) is 17.6 Å². The molecule has 6 nitrogen and oxygen atoms in total. The van der Waals surface area contributed by atoms with Gasteiger partial charge in [0.2, 0.25) is 0 Å². The first-order chi connectivity index (χ1) is 15.7. The zero-order valence-corrected chi connectivity index (χ0v) is 16.7. The van der Waals surface area contributed by atoms with E-state index in [1.807, 2.05) is 69.7 Å². The zero-order chi connectivity index (χ0) is 21.1. The van der Waals surface area contributed by atoms with Crippen molar-refractivity contribution < 1.29 is 4.79 Å². The molecule has 6 heteroatoms. The maximum atomic E-state index is 13.6. The van der Waals surface area contributed by atoms with Crippen LogP contribution in [0.1, 0.15) is 15.9 Å². The summed E-state index contributed by atoms with van der Waals surface area (Å²) >= 11 is 0. The zero-order valence-electron chi connectivity index (χ0n) is 16.7. The number of benzene rings is 3. The third kappa shape index (κ3) is 1.76. The van der Waals surface area contributed by atoms with Gasteiger partial charge >= 0.3 is 0 Å². The summed E-state index contributed by atoms with van der Waals surface area (Å²) in [6.07, 6.45) is 4.16. The van der Waals surface area contributed by atoms with Gasteiger partial charge in [-0.05, 0) is 35.9 Å². The Morgan fingerprint density at radius 1 is 0.844 bits per heavy atom. The van der Waals surface area contributed by atoms with Crippen molar-refractivity contribution in [3.63, 3.8) is 0 Å². The molecule has 0 saturated carbocycles. The fourth-order valence-electron chi connectivity index (χ4n) is 5.48. The van der Waals surface area contributed by atoms with Gasteiger partial charge in [-0.3, -0.25) is 14.0 Å². The molecule has 0 radical (unpaired) electrons. The second-order valence-corrected chi connectivity index (χ2v) is 8.50. The molecule has 1 N–H and O–H groups in total. The minimum absolute atomic E-state index is 0.0573. The van der Waals surface area contributed by atoms with Crippen LogP contribution in [-0.4, -0.2) is 24.6 Å². The molecular formula is C26H14N4O2. The predicted molar refractivity (Wildman–Crippen MR) is 125 cm³/mol. The number of H-pyrrole nitrogens is 1. The van der Waals surface area contributed by atoms with E-state index >= 15 is 0 Å². The molecule has 32 heavy (non-hydrogen) atoms. The highest BCUT2D eigenvalue weighted by atomic mass is 16.1. The summed E-state index contributed by atoms with van der Waals surface area (Å²) in [4.78, 5) is 35.1. The van der Waals surface area contributed by atoms with Crippen molar-refractivity contribution in [3.8, 4) is 0 Å². The highest BCUT2D eigenvalue weighted by Gasteiger charge is 2.27. The van der Waals surface area contributed by atoms with Gasteiger partial charge < -0.3 is 9.38 Å². The Bertz CT molecular complexity index is 2060. The molecule has 4 aromatic heterocycles. The van der Waals surface area contributed by atoms with Crippen molar-refractivity contribution in [1.29, 1.82) is 0 Å². The second-order valence-electron chi connectivity index (χ2n) is 8.50. The van der Waals surface area contributed by atoms with Gasteiger partial charge in [-0.15, -0.1) is 0 Å². The minimum Gasteiger partial charge on any atom is -0.339 e. The molecule has 0 bridgehead atoms. The third-order valence-corrected chi connectivity index (χ3v) is 6.81. The molecule has 0 amide bonds. The normalized spacial score (nSPS) is 13.7. The van der Waals surface area contributed by atoms with Crippen molar-refractivity contribution in [1.82, 2.24) is 18.8 Å². The highest BCUT2D eigenvalue weighted by Crippen LogP contribution is 2.38. The van der Waals surface area contributed by atoms with Crippen molar-refractivity contribution >= 4 is 60.7 Å². The minimum atomic E-state index is -0.0705. The summed E-state index contributed by atoms with van der Waals surface area (Å²) in [5.74, 6) is 0.0573. The van der Waals surface area contributed by atoms with E-state index in [4.69, 9.17) is 4.98 Å². The van der Waals surface area contributed by atoms with Gasteiger partial charge in [-0.1, -0.05) is 24.3 Å². The fraction of sp³-hybridized carbons (Fsp3) is 0.0385. The van der Waals surface area contributed by atoms with E-state index in [0.717, 1.165) is 49.4 Å². The summed E-state index contributed by atoms with van der Waals surface area (Å²) in [5.41, 5.74) is 6.61. The average Bonchev–Trinajstić information content (AvgIpc) is 3.36. The lowest BCUT2D eigenvalue weighted by Gasteiger charge is -2.19. The standard InChI is InChI=1S/C26H14N4O2/c31-20-9-13-11-29-18-7-3-2-6-17(18)28-26(29)24-21(32)10-14-23(22(13)24)15(20)12-30-19-8-4-1-5-16(19)27-25(14)30/h1-8,10-12,28H,9H2. The van der Waals surface area contributed by atoms with E-state index < -0.39 is 0 Å². The van der Waals surface area contributed by atoms with Crippen LogP contribution in [0.15, 0.2) is 71.8 Å². The molecule has 0 atom stereocenters. The van der Waals surface area contributed by atoms with Gasteiger partial charge in [-0.25, -0.2) is 4.98 Å². The molecule has 7 aromatic rings. The molecule has 8 rings (SSSR count). The summed E-state index contributed by atoms with van der Waals surface area (Å²) in [6, 6.07) is 17.4. The van der Waals surface area contributed by atoms with Crippen LogP contribution in [-0.2, 0) is 6.42 Å². The number of Topliss-reactive ketones (excluding diaryl/α,β-unsaturated/α-hetero) is 1. The van der Waals surface area contributed by atoms with E-state index in [1.54, 1.807) is 6.07 Å². The van der Waals surface area contributed by atoms with Gasteiger partial charge in [0.15, 0.2) is 11.2 Å². The topological polar surface area (TPSA) is 71.6 Å². The summed E-state index contributed by atoms with van der Waals surface area (Å²) in [6.45, 7) is 0. The Kier molecular flexibility index (Phi) is 2.66. The van der Waals surface area contributed by atoms with Gasteiger partial charge in [-0.2, -0.15) is 0 Å². The van der Waals surface area contributed by atoms with Crippen LogP contribution >= 0.6 is 0 Å². The number of carbonyl (C=O) groups is 1. The number of imidazole rings is 2. The van der Waals surface area contributed by atoms with Crippen LogP contribution in [0, 0.1) is 0 Å². The number of fused-ring (bicyclic) bond motifs is 8. The number of ketones is 1. The second kappa shape index (κ2) is 5.23. The molecule has 0 spiro atoms.